The van der Waals surface area contributed by atoms with Crippen molar-refractivity contribution >= 4 is 10.1 Å². The van der Waals surface area contributed by atoms with Crippen molar-refractivity contribution in [2.24, 2.45) is 0 Å². The van der Waals surface area contributed by atoms with Gasteiger partial charge in [-0.15, -0.1) is 0 Å². The molecule has 104 valence electrons. The van der Waals surface area contributed by atoms with Crippen molar-refractivity contribution in [1.29, 1.82) is 0 Å². The average molecular weight is 310 g/mol. The van der Waals surface area contributed by atoms with Gasteiger partial charge in [-0.2, -0.15) is 26.3 Å². The number of alkyl halides is 6. The van der Waals surface area contributed by atoms with Crippen LogP contribution < -0.4 is 29.6 Å². The quantitative estimate of drug-likeness (QED) is 0.381. The molecule has 0 radical (unpaired) electrons. The van der Waals surface area contributed by atoms with Crippen LogP contribution >= 0.6 is 0 Å². The molecule has 0 amide bonds. The summed E-state index contributed by atoms with van der Waals surface area (Å²) in [6, 6.07) is 0. The van der Waals surface area contributed by atoms with Gasteiger partial charge in [-0.05, 0) is 6.42 Å². The Hall–Kier alpha value is 0.490. The van der Waals surface area contributed by atoms with Gasteiger partial charge in [0, 0.05) is 6.42 Å². The first-order valence-electron chi connectivity index (χ1n) is 4.40. The first-order chi connectivity index (χ1) is 7.31. The summed E-state index contributed by atoms with van der Waals surface area (Å²) in [6.45, 7) is 1.34. The zero-order valence-electron chi connectivity index (χ0n) is 9.52. The Labute approximate surface area is 122 Å². The van der Waals surface area contributed by atoms with Crippen molar-refractivity contribution in [3.05, 3.63) is 0 Å². The van der Waals surface area contributed by atoms with Crippen LogP contribution in [-0.2, 0) is 10.1 Å². The molecule has 0 spiro atoms. The van der Waals surface area contributed by atoms with Crippen LogP contribution in [0.2, 0.25) is 0 Å². The van der Waals surface area contributed by atoms with Crippen molar-refractivity contribution in [3.63, 3.8) is 0 Å². The predicted octanol–water partition coefficient (Wildman–Crippen LogP) is -0.411. The standard InChI is InChI=1S/C7H10F6O3S.Na/c1-2-3-4-5(8,9)6(10,11)7(12,13)17(14,15)16;/h2-4H2,1H3,(H,14,15,16);/q;+1/p-1. The van der Waals surface area contributed by atoms with E-state index < -0.39 is 40.1 Å². The van der Waals surface area contributed by atoms with Gasteiger partial charge in [0.2, 0.25) is 0 Å². The minimum absolute atomic E-state index is 0. The second-order valence-electron chi connectivity index (χ2n) is 3.35. The van der Waals surface area contributed by atoms with E-state index in [1.54, 1.807) is 0 Å². The van der Waals surface area contributed by atoms with Gasteiger partial charge in [0.05, 0.1) is 0 Å². The van der Waals surface area contributed by atoms with Gasteiger partial charge < -0.3 is 4.55 Å². The fraction of sp³-hybridized carbons (Fsp3) is 1.00. The third-order valence-corrected chi connectivity index (χ3v) is 2.87. The number of unbranched alkanes of at least 4 members (excludes halogenated alkanes) is 1. The van der Waals surface area contributed by atoms with Crippen LogP contribution in [0, 0.1) is 0 Å². The maximum atomic E-state index is 12.8. The molecule has 18 heavy (non-hydrogen) atoms. The predicted molar refractivity (Wildman–Crippen MR) is 44.1 cm³/mol. The molecule has 0 aliphatic heterocycles. The topological polar surface area (TPSA) is 57.2 Å². The van der Waals surface area contributed by atoms with Crippen LogP contribution in [-0.4, -0.2) is 30.1 Å². The molecule has 0 bridgehead atoms. The number of rotatable bonds is 6. The SMILES string of the molecule is CCCCC(F)(F)C(F)(F)C(F)(F)S(=O)(=O)[O-].[Na+]. The summed E-state index contributed by atoms with van der Waals surface area (Å²) in [6.07, 6.45) is -2.14. The molecule has 0 N–H and O–H groups in total. The van der Waals surface area contributed by atoms with Gasteiger partial charge in [-0.25, -0.2) is 8.42 Å². The smallest absolute Gasteiger partial charge is 0.743 e. The summed E-state index contributed by atoms with van der Waals surface area (Å²) in [5.41, 5.74) is 0. The van der Waals surface area contributed by atoms with Gasteiger partial charge in [0.25, 0.3) is 0 Å². The van der Waals surface area contributed by atoms with E-state index in [1.165, 1.54) is 6.92 Å². The Morgan fingerprint density at radius 3 is 1.72 bits per heavy atom. The third-order valence-electron chi connectivity index (χ3n) is 1.98. The van der Waals surface area contributed by atoms with Crippen molar-refractivity contribution in [2.45, 2.75) is 43.3 Å². The third kappa shape index (κ3) is 3.75. The van der Waals surface area contributed by atoms with Gasteiger partial charge >= 0.3 is 46.7 Å². The minimum atomic E-state index is -6.88. The largest absolute Gasteiger partial charge is 1.00 e. The van der Waals surface area contributed by atoms with Crippen LogP contribution in [0.1, 0.15) is 26.2 Å². The molecule has 0 aliphatic carbocycles. The average Bonchev–Trinajstić information content (AvgIpc) is 2.12. The summed E-state index contributed by atoms with van der Waals surface area (Å²) in [5, 5.41) is -6.35. The van der Waals surface area contributed by atoms with Crippen LogP contribution in [0.4, 0.5) is 26.3 Å². The zero-order chi connectivity index (χ0) is 14.1. The fourth-order valence-electron chi connectivity index (χ4n) is 0.926. The Balaban J connectivity index is 0. The summed E-state index contributed by atoms with van der Waals surface area (Å²) in [4.78, 5) is 0. The molecule has 0 saturated heterocycles. The Morgan fingerprint density at radius 1 is 1.06 bits per heavy atom. The molecular formula is C7H9F6NaO3S. The van der Waals surface area contributed by atoms with E-state index in [9.17, 15) is 39.3 Å². The van der Waals surface area contributed by atoms with Crippen molar-refractivity contribution in [1.82, 2.24) is 0 Å². The number of halogens is 6. The van der Waals surface area contributed by atoms with Crippen molar-refractivity contribution < 1.29 is 68.9 Å². The molecule has 0 rings (SSSR count). The molecular weight excluding hydrogens is 301 g/mol. The molecule has 0 aromatic heterocycles. The summed E-state index contributed by atoms with van der Waals surface area (Å²) in [5.74, 6) is -11.5. The monoisotopic (exact) mass is 310 g/mol. The van der Waals surface area contributed by atoms with Gasteiger partial charge in [-0.3, -0.25) is 0 Å². The summed E-state index contributed by atoms with van der Waals surface area (Å²) < 4.78 is 106. The molecule has 0 aliphatic rings. The maximum Gasteiger partial charge on any atom is 1.00 e. The van der Waals surface area contributed by atoms with Gasteiger partial charge in [0.1, 0.15) is 0 Å². The molecule has 0 atom stereocenters. The van der Waals surface area contributed by atoms with E-state index in [-0.39, 0.29) is 36.0 Å². The molecule has 0 aromatic rings. The van der Waals surface area contributed by atoms with Crippen molar-refractivity contribution in [3.8, 4) is 0 Å². The second kappa shape index (κ2) is 6.29. The fourth-order valence-corrected chi connectivity index (χ4v) is 1.39. The summed E-state index contributed by atoms with van der Waals surface area (Å²) >= 11 is 0. The van der Waals surface area contributed by atoms with Gasteiger partial charge in [-0.1, -0.05) is 13.3 Å². The van der Waals surface area contributed by atoms with E-state index in [1.807, 2.05) is 0 Å². The Kier molecular flexibility index (Phi) is 7.27. The van der Waals surface area contributed by atoms with Crippen LogP contribution in [0.25, 0.3) is 0 Å². The number of hydrogen-bond acceptors (Lipinski definition) is 3. The van der Waals surface area contributed by atoms with E-state index in [0.717, 1.165) is 0 Å². The van der Waals surface area contributed by atoms with E-state index in [2.05, 4.69) is 0 Å². The van der Waals surface area contributed by atoms with E-state index in [0.29, 0.717) is 0 Å². The zero-order valence-corrected chi connectivity index (χ0v) is 12.3. The molecule has 11 heteroatoms. The molecule has 0 aromatic carbocycles. The first-order valence-corrected chi connectivity index (χ1v) is 5.81. The number of hydrogen-bond donors (Lipinski definition) is 0. The molecule has 0 heterocycles. The minimum Gasteiger partial charge on any atom is -0.743 e. The summed E-state index contributed by atoms with van der Waals surface area (Å²) in [7, 11) is -6.88. The molecule has 0 fully saturated rings. The second-order valence-corrected chi connectivity index (χ2v) is 4.77. The Bertz CT molecular complexity index is 369. The molecule has 0 unspecified atom stereocenters. The van der Waals surface area contributed by atoms with Crippen LogP contribution in [0.5, 0.6) is 0 Å². The normalized spacial score (nSPS) is 14.2. The Morgan fingerprint density at radius 2 is 1.44 bits per heavy atom. The maximum absolute atomic E-state index is 12.8. The van der Waals surface area contributed by atoms with E-state index in [4.69, 9.17) is 0 Å². The van der Waals surface area contributed by atoms with Crippen LogP contribution in [0.15, 0.2) is 0 Å². The van der Waals surface area contributed by atoms with Gasteiger partial charge in [0.15, 0.2) is 10.1 Å². The van der Waals surface area contributed by atoms with E-state index >= 15 is 0 Å². The molecule has 3 nitrogen and oxygen atoms in total. The molecule has 0 saturated carbocycles. The van der Waals surface area contributed by atoms with Crippen molar-refractivity contribution in [2.75, 3.05) is 0 Å². The van der Waals surface area contributed by atoms with Crippen LogP contribution in [0.3, 0.4) is 0 Å². The first kappa shape index (κ1) is 20.8.